The van der Waals surface area contributed by atoms with Gasteiger partial charge in [0.15, 0.2) is 0 Å². The van der Waals surface area contributed by atoms with Crippen molar-refractivity contribution in [2.24, 2.45) is 0 Å². The van der Waals surface area contributed by atoms with E-state index in [0.717, 1.165) is 0 Å². The highest BCUT2D eigenvalue weighted by Crippen LogP contribution is 2.10. The Bertz CT molecular complexity index is 408. The van der Waals surface area contributed by atoms with Gasteiger partial charge >= 0.3 is 0 Å². The molecule has 0 aliphatic heterocycles. The van der Waals surface area contributed by atoms with Gasteiger partial charge < -0.3 is 0 Å². The summed E-state index contributed by atoms with van der Waals surface area (Å²) in [7, 11) is 0. The van der Waals surface area contributed by atoms with Crippen molar-refractivity contribution in [2.75, 3.05) is 0 Å². The molecule has 0 spiro atoms. The second kappa shape index (κ2) is 15.5. The maximum atomic E-state index is 2.56. The molecule has 2 heteroatoms. The summed E-state index contributed by atoms with van der Waals surface area (Å²) in [6, 6.07) is 0. The number of hydrogen-bond donors (Lipinski definition) is 0. The Kier molecular flexibility index (Phi) is 13.8. The predicted molar refractivity (Wildman–Crippen MR) is 110 cm³/mol. The lowest BCUT2D eigenvalue weighted by Gasteiger charge is -2.06. The van der Waals surface area contributed by atoms with E-state index in [9.17, 15) is 0 Å². The van der Waals surface area contributed by atoms with Gasteiger partial charge in [0.2, 0.25) is 0 Å². The smallest absolute Gasteiger partial charge is 0.234 e. The standard InChI is InChI=1S/C23H45N2/c1-4-7-10-12-13-15-17-20-25-22-21-24(19-9-6-3)23(25)18-16-14-11-8-5-2/h21-22H,4-20H2,1-3H3/q+1. The maximum absolute atomic E-state index is 2.56. The number of imidazole rings is 1. The molecule has 0 saturated carbocycles. The first-order chi connectivity index (χ1) is 12.3. The fourth-order valence-corrected chi connectivity index (χ4v) is 3.65. The summed E-state index contributed by atoms with van der Waals surface area (Å²) in [6.45, 7) is 9.30. The highest BCUT2D eigenvalue weighted by molar-refractivity contribution is 4.84. The topological polar surface area (TPSA) is 8.81 Å². The summed E-state index contributed by atoms with van der Waals surface area (Å²) in [5.74, 6) is 1.58. The van der Waals surface area contributed by atoms with Crippen molar-refractivity contribution in [1.29, 1.82) is 0 Å². The molecule has 0 N–H and O–H groups in total. The molecule has 0 aliphatic rings. The minimum atomic E-state index is 1.20. The molecule has 25 heavy (non-hydrogen) atoms. The maximum Gasteiger partial charge on any atom is 0.256 e. The third-order valence-electron chi connectivity index (χ3n) is 5.35. The molecule has 0 fully saturated rings. The van der Waals surface area contributed by atoms with Gasteiger partial charge in [-0.15, -0.1) is 0 Å². The fraction of sp³-hybridized carbons (Fsp3) is 0.870. The summed E-state index contributed by atoms with van der Waals surface area (Å²) in [4.78, 5) is 0. The molecule has 1 rings (SSSR count). The Hall–Kier alpha value is -0.790. The average molecular weight is 350 g/mol. The van der Waals surface area contributed by atoms with Crippen molar-refractivity contribution in [3.05, 3.63) is 18.2 Å². The minimum Gasteiger partial charge on any atom is -0.234 e. The molecule has 0 atom stereocenters. The summed E-state index contributed by atoms with van der Waals surface area (Å²) in [5, 5.41) is 0. The van der Waals surface area contributed by atoms with E-state index in [-0.39, 0.29) is 0 Å². The highest BCUT2D eigenvalue weighted by atomic mass is 15.1. The Morgan fingerprint density at radius 1 is 0.680 bits per heavy atom. The van der Waals surface area contributed by atoms with Gasteiger partial charge in [-0.3, -0.25) is 0 Å². The molecule has 0 aliphatic carbocycles. The molecule has 1 aromatic rings. The van der Waals surface area contributed by atoms with Gasteiger partial charge in [0.1, 0.15) is 12.4 Å². The Labute approximate surface area is 158 Å². The average Bonchev–Trinajstić information content (AvgIpc) is 3.01. The van der Waals surface area contributed by atoms with Crippen LogP contribution in [-0.4, -0.2) is 4.57 Å². The minimum absolute atomic E-state index is 1.20. The molecule has 0 unspecified atom stereocenters. The Morgan fingerprint density at radius 2 is 1.24 bits per heavy atom. The quantitative estimate of drug-likeness (QED) is 0.215. The number of aromatic nitrogens is 2. The van der Waals surface area contributed by atoms with Crippen molar-refractivity contribution in [3.63, 3.8) is 0 Å². The van der Waals surface area contributed by atoms with E-state index in [2.05, 4.69) is 42.3 Å². The van der Waals surface area contributed by atoms with Crippen LogP contribution in [0.15, 0.2) is 12.4 Å². The summed E-state index contributed by atoms with van der Waals surface area (Å²) < 4.78 is 5.09. The first-order valence-corrected chi connectivity index (χ1v) is 11.4. The van der Waals surface area contributed by atoms with Crippen molar-refractivity contribution >= 4 is 0 Å². The SMILES string of the molecule is CCCCCCCCC[n+]1ccn(CCCC)c1CCCCCCC. The molecule has 0 aromatic carbocycles. The van der Waals surface area contributed by atoms with Crippen molar-refractivity contribution in [1.82, 2.24) is 4.57 Å². The predicted octanol–water partition coefficient (Wildman–Crippen LogP) is 6.84. The summed E-state index contributed by atoms with van der Waals surface area (Å²) >= 11 is 0. The first kappa shape index (κ1) is 22.3. The Morgan fingerprint density at radius 3 is 1.88 bits per heavy atom. The molecule has 0 radical (unpaired) electrons. The normalized spacial score (nSPS) is 11.3. The van der Waals surface area contributed by atoms with Crippen LogP contribution in [0, 0.1) is 0 Å². The van der Waals surface area contributed by atoms with E-state index >= 15 is 0 Å². The van der Waals surface area contributed by atoms with Gasteiger partial charge in [0, 0.05) is 6.42 Å². The van der Waals surface area contributed by atoms with Gasteiger partial charge in [0.05, 0.1) is 13.1 Å². The van der Waals surface area contributed by atoms with Crippen LogP contribution in [0.2, 0.25) is 0 Å². The zero-order valence-electron chi connectivity index (χ0n) is 17.6. The number of nitrogens with zero attached hydrogens (tertiary/aromatic N) is 2. The number of aryl methyl sites for hydroxylation is 2. The Balaban J connectivity index is 2.40. The van der Waals surface area contributed by atoms with E-state index in [1.54, 1.807) is 5.82 Å². The van der Waals surface area contributed by atoms with Crippen LogP contribution in [0.1, 0.15) is 116 Å². The van der Waals surface area contributed by atoms with Crippen LogP contribution in [0.4, 0.5) is 0 Å². The summed E-state index contributed by atoms with van der Waals surface area (Å²) in [5.41, 5.74) is 0. The molecular formula is C23H45N2+. The van der Waals surface area contributed by atoms with E-state index < -0.39 is 0 Å². The lowest BCUT2D eigenvalue weighted by Crippen LogP contribution is -2.37. The molecule has 2 nitrogen and oxygen atoms in total. The molecule has 0 saturated heterocycles. The van der Waals surface area contributed by atoms with Crippen LogP contribution in [-0.2, 0) is 19.5 Å². The van der Waals surface area contributed by atoms with E-state index in [0.29, 0.717) is 0 Å². The van der Waals surface area contributed by atoms with Crippen LogP contribution in [0.5, 0.6) is 0 Å². The van der Waals surface area contributed by atoms with Crippen LogP contribution >= 0.6 is 0 Å². The van der Waals surface area contributed by atoms with Gasteiger partial charge in [-0.25, -0.2) is 9.13 Å². The van der Waals surface area contributed by atoms with Crippen LogP contribution in [0.25, 0.3) is 0 Å². The van der Waals surface area contributed by atoms with E-state index in [1.807, 2.05) is 0 Å². The van der Waals surface area contributed by atoms with Gasteiger partial charge in [-0.1, -0.05) is 85.0 Å². The number of rotatable bonds is 17. The third kappa shape index (κ3) is 10.1. The lowest BCUT2D eigenvalue weighted by molar-refractivity contribution is -0.704. The number of unbranched alkanes of at least 4 members (excludes halogenated alkanes) is 11. The molecule has 1 aromatic heterocycles. The fourth-order valence-electron chi connectivity index (χ4n) is 3.65. The van der Waals surface area contributed by atoms with Crippen molar-refractivity contribution in [3.8, 4) is 0 Å². The zero-order chi connectivity index (χ0) is 18.2. The molecule has 1 heterocycles. The lowest BCUT2D eigenvalue weighted by atomic mass is 10.1. The van der Waals surface area contributed by atoms with Crippen LogP contribution in [0.3, 0.4) is 0 Å². The van der Waals surface area contributed by atoms with Crippen molar-refractivity contribution in [2.45, 2.75) is 130 Å². The van der Waals surface area contributed by atoms with Gasteiger partial charge in [-0.05, 0) is 25.7 Å². The highest BCUT2D eigenvalue weighted by Gasteiger charge is 2.16. The largest absolute Gasteiger partial charge is 0.256 e. The summed E-state index contributed by atoms with van der Waals surface area (Å²) in [6.07, 6.45) is 25.2. The number of hydrogen-bond acceptors (Lipinski definition) is 0. The van der Waals surface area contributed by atoms with E-state index in [1.165, 1.54) is 109 Å². The van der Waals surface area contributed by atoms with Gasteiger partial charge in [-0.2, -0.15) is 0 Å². The molecule has 0 bridgehead atoms. The molecule has 0 amide bonds. The van der Waals surface area contributed by atoms with Gasteiger partial charge in [0.25, 0.3) is 5.82 Å². The zero-order valence-corrected chi connectivity index (χ0v) is 17.6. The second-order valence-corrected chi connectivity index (χ2v) is 7.74. The molecular weight excluding hydrogens is 304 g/mol. The third-order valence-corrected chi connectivity index (χ3v) is 5.35. The monoisotopic (exact) mass is 349 g/mol. The molecule has 146 valence electrons. The van der Waals surface area contributed by atoms with E-state index in [4.69, 9.17) is 0 Å². The second-order valence-electron chi connectivity index (χ2n) is 7.74. The van der Waals surface area contributed by atoms with Crippen LogP contribution < -0.4 is 4.57 Å². The van der Waals surface area contributed by atoms with Crippen molar-refractivity contribution < 1.29 is 4.57 Å². The first-order valence-electron chi connectivity index (χ1n) is 11.4.